The van der Waals surface area contributed by atoms with Crippen LogP contribution >= 0.6 is 11.8 Å². The quantitative estimate of drug-likeness (QED) is 0.369. The first-order chi connectivity index (χ1) is 15.0. The predicted octanol–water partition coefficient (Wildman–Crippen LogP) is 3.01. The Morgan fingerprint density at radius 1 is 1.19 bits per heavy atom. The van der Waals surface area contributed by atoms with E-state index in [4.69, 9.17) is 10.5 Å². The number of amides is 2. The van der Waals surface area contributed by atoms with Crippen molar-refractivity contribution in [2.45, 2.75) is 18.3 Å². The maximum atomic E-state index is 13.7. The van der Waals surface area contributed by atoms with Crippen LogP contribution in [0.25, 0.3) is 0 Å². The van der Waals surface area contributed by atoms with E-state index in [1.54, 1.807) is 34.9 Å². The molecule has 2 aromatic carbocycles. The van der Waals surface area contributed by atoms with E-state index in [2.05, 4.69) is 22.1 Å². The lowest BCUT2D eigenvalue weighted by molar-refractivity contribution is -0.113. The number of primary amides is 1. The fourth-order valence-electron chi connectivity index (χ4n) is 2.59. The molecule has 0 atom stereocenters. The third-order valence-corrected chi connectivity index (χ3v) is 5.05. The molecule has 0 saturated heterocycles. The summed E-state index contributed by atoms with van der Waals surface area (Å²) in [5.74, 6) is -0.577. The van der Waals surface area contributed by atoms with Crippen molar-refractivity contribution in [2.24, 2.45) is 5.73 Å². The Bertz CT molecular complexity index is 1080. The third-order valence-electron chi connectivity index (χ3n) is 4.08. The van der Waals surface area contributed by atoms with Gasteiger partial charge in [0.15, 0.2) is 22.5 Å². The van der Waals surface area contributed by atoms with E-state index < -0.39 is 11.7 Å². The Morgan fingerprint density at radius 2 is 1.94 bits per heavy atom. The van der Waals surface area contributed by atoms with Crippen LogP contribution < -0.4 is 15.8 Å². The number of ether oxygens (including phenoxy) is 1. The van der Waals surface area contributed by atoms with Gasteiger partial charge in [0.05, 0.1) is 5.75 Å². The molecular weight excluding hydrogens is 421 g/mol. The lowest BCUT2D eigenvalue weighted by Gasteiger charge is -2.10. The molecule has 3 aromatic rings. The number of hydrogen-bond donors (Lipinski definition) is 2. The predicted molar refractivity (Wildman–Crippen MR) is 115 cm³/mol. The summed E-state index contributed by atoms with van der Waals surface area (Å²) < 4.78 is 21.0. The largest absolute Gasteiger partial charge is 0.483 e. The highest BCUT2D eigenvalue weighted by molar-refractivity contribution is 7.99. The first-order valence-corrected chi connectivity index (χ1v) is 10.2. The molecule has 10 heteroatoms. The Balaban J connectivity index is 1.60. The van der Waals surface area contributed by atoms with Crippen molar-refractivity contribution >= 4 is 29.3 Å². The molecule has 3 rings (SSSR count). The van der Waals surface area contributed by atoms with Crippen LogP contribution in [0.3, 0.4) is 0 Å². The number of nitrogens with one attached hydrogen (secondary N) is 1. The van der Waals surface area contributed by atoms with Gasteiger partial charge in [-0.25, -0.2) is 4.39 Å². The molecule has 160 valence electrons. The Morgan fingerprint density at radius 3 is 2.61 bits per heavy atom. The lowest BCUT2D eigenvalue weighted by Crippen LogP contribution is -2.15. The molecule has 0 spiro atoms. The number of halogens is 1. The highest BCUT2D eigenvalue weighted by Crippen LogP contribution is 2.21. The molecule has 0 aliphatic heterocycles. The van der Waals surface area contributed by atoms with Crippen molar-refractivity contribution in [3.8, 4) is 5.75 Å². The number of thioether (sulfide) groups is 1. The zero-order chi connectivity index (χ0) is 22.2. The normalized spacial score (nSPS) is 10.5. The first kappa shape index (κ1) is 22.0. The van der Waals surface area contributed by atoms with E-state index in [9.17, 15) is 14.0 Å². The van der Waals surface area contributed by atoms with Gasteiger partial charge in [0.1, 0.15) is 6.61 Å². The second-order valence-electron chi connectivity index (χ2n) is 6.30. The molecule has 0 aliphatic carbocycles. The van der Waals surface area contributed by atoms with Crippen molar-refractivity contribution < 1.29 is 18.7 Å². The summed E-state index contributed by atoms with van der Waals surface area (Å²) in [5.41, 5.74) is 6.10. The summed E-state index contributed by atoms with van der Waals surface area (Å²) in [5, 5.41) is 11.4. The molecule has 0 saturated carbocycles. The van der Waals surface area contributed by atoms with Gasteiger partial charge in [0.25, 0.3) is 0 Å². The van der Waals surface area contributed by atoms with Crippen molar-refractivity contribution in [3.05, 3.63) is 78.4 Å². The molecule has 2 amide bonds. The molecule has 3 N–H and O–H groups in total. The van der Waals surface area contributed by atoms with Gasteiger partial charge in [-0.15, -0.1) is 16.8 Å². The van der Waals surface area contributed by atoms with Crippen molar-refractivity contribution in [1.29, 1.82) is 0 Å². The molecule has 0 fully saturated rings. The van der Waals surface area contributed by atoms with Gasteiger partial charge < -0.3 is 15.8 Å². The molecule has 8 nitrogen and oxygen atoms in total. The van der Waals surface area contributed by atoms with Gasteiger partial charge in [-0.2, -0.15) is 0 Å². The minimum atomic E-state index is -0.537. The van der Waals surface area contributed by atoms with Gasteiger partial charge >= 0.3 is 0 Å². The maximum Gasteiger partial charge on any atom is 0.248 e. The van der Waals surface area contributed by atoms with Gasteiger partial charge in [-0.05, 0) is 36.4 Å². The molecule has 0 aliphatic rings. The van der Waals surface area contributed by atoms with Crippen molar-refractivity contribution in [2.75, 3.05) is 11.1 Å². The molecule has 1 heterocycles. The van der Waals surface area contributed by atoms with Crippen molar-refractivity contribution in [1.82, 2.24) is 14.8 Å². The highest BCUT2D eigenvalue weighted by atomic mass is 32.2. The average molecular weight is 441 g/mol. The number of nitrogens with zero attached hydrogens (tertiary/aromatic N) is 3. The minimum absolute atomic E-state index is 0.0146. The van der Waals surface area contributed by atoms with Gasteiger partial charge in [0.2, 0.25) is 11.8 Å². The highest BCUT2D eigenvalue weighted by Gasteiger charge is 2.15. The fraction of sp³-hybridized carbons (Fsp3) is 0.143. The van der Waals surface area contributed by atoms with Crippen molar-refractivity contribution in [3.63, 3.8) is 0 Å². The maximum absolute atomic E-state index is 13.7. The average Bonchev–Trinajstić information content (AvgIpc) is 3.14. The van der Waals surface area contributed by atoms with Crippen LogP contribution in [0.15, 0.2) is 66.3 Å². The second kappa shape index (κ2) is 10.4. The summed E-state index contributed by atoms with van der Waals surface area (Å²) in [6.45, 7) is 4.14. The standard InChI is InChI=1S/C21H20FN5O3S/c1-2-11-27-18(12-30-17-6-4-3-5-16(17)22)25-26-21(27)31-13-19(28)24-15-9-7-14(8-10-15)20(23)29/h2-10H,1,11-13H2,(H2,23,29)(H,24,28). The van der Waals surface area contributed by atoms with Gasteiger partial charge in [0, 0.05) is 17.8 Å². The second-order valence-corrected chi connectivity index (χ2v) is 7.24. The van der Waals surface area contributed by atoms with Crippen LogP contribution in [0.2, 0.25) is 0 Å². The SMILES string of the molecule is C=CCn1c(COc2ccccc2F)nnc1SCC(=O)Nc1ccc(C(N)=O)cc1. The number of para-hydroxylation sites is 1. The zero-order valence-electron chi connectivity index (χ0n) is 16.5. The number of carbonyl (C=O) groups excluding carboxylic acids is 2. The van der Waals surface area contributed by atoms with Crippen LogP contribution in [0.5, 0.6) is 5.75 Å². The number of benzene rings is 2. The number of carbonyl (C=O) groups is 2. The Labute approximate surface area is 182 Å². The van der Waals surface area contributed by atoms with E-state index >= 15 is 0 Å². The van der Waals surface area contributed by atoms with Crippen LogP contribution in [-0.4, -0.2) is 32.3 Å². The smallest absolute Gasteiger partial charge is 0.248 e. The van der Waals surface area contributed by atoms with E-state index in [-0.39, 0.29) is 24.0 Å². The fourth-order valence-corrected chi connectivity index (χ4v) is 3.36. The number of allylic oxidation sites excluding steroid dienone is 1. The Hall–Kier alpha value is -3.66. The topological polar surface area (TPSA) is 112 Å². The third kappa shape index (κ3) is 5.92. The van der Waals surface area contributed by atoms with E-state index in [1.807, 2.05) is 0 Å². The summed E-state index contributed by atoms with van der Waals surface area (Å²) in [4.78, 5) is 23.4. The summed E-state index contributed by atoms with van der Waals surface area (Å²) in [6.07, 6.45) is 1.67. The number of hydrogen-bond acceptors (Lipinski definition) is 6. The van der Waals surface area contributed by atoms with Crippen LogP contribution in [-0.2, 0) is 17.9 Å². The summed E-state index contributed by atoms with van der Waals surface area (Å²) in [6, 6.07) is 12.4. The molecule has 1 aromatic heterocycles. The van der Waals surface area contributed by atoms with E-state index in [0.29, 0.717) is 28.8 Å². The number of anilines is 1. The number of rotatable bonds is 10. The minimum Gasteiger partial charge on any atom is -0.483 e. The summed E-state index contributed by atoms with van der Waals surface area (Å²) >= 11 is 1.19. The van der Waals surface area contributed by atoms with E-state index in [1.165, 1.54) is 36.0 Å². The molecule has 0 bridgehead atoms. The van der Waals surface area contributed by atoms with Crippen LogP contribution in [0, 0.1) is 5.82 Å². The number of nitrogens with two attached hydrogens (primary N) is 1. The molecule has 0 unspecified atom stereocenters. The monoisotopic (exact) mass is 441 g/mol. The molecular formula is C21H20FN5O3S. The zero-order valence-corrected chi connectivity index (χ0v) is 17.3. The van der Waals surface area contributed by atoms with E-state index in [0.717, 1.165) is 0 Å². The Kier molecular flexibility index (Phi) is 7.39. The number of aromatic nitrogens is 3. The first-order valence-electron chi connectivity index (χ1n) is 9.20. The summed E-state index contributed by atoms with van der Waals surface area (Å²) in [7, 11) is 0. The van der Waals surface area contributed by atoms with Crippen LogP contribution in [0.1, 0.15) is 16.2 Å². The molecule has 0 radical (unpaired) electrons. The lowest BCUT2D eigenvalue weighted by atomic mass is 10.2. The van der Waals surface area contributed by atoms with Crippen LogP contribution in [0.4, 0.5) is 10.1 Å². The van der Waals surface area contributed by atoms with Gasteiger partial charge in [-0.3, -0.25) is 14.2 Å². The molecule has 31 heavy (non-hydrogen) atoms. The van der Waals surface area contributed by atoms with Gasteiger partial charge in [-0.1, -0.05) is 30.0 Å².